The molecule has 0 aliphatic carbocycles. The van der Waals surface area contributed by atoms with Crippen LogP contribution in [0.5, 0.6) is 5.75 Å². The molecule has 23 heavy (non-hydrogen) atoms. The quantitative estimate of drug-likeness (QED) is 0.324. The number of hydrogen-bond donors (Lipinski definition) is 2. The molecular formula is C16H25N3O4. The summed E-state index contributed by atoms with van der Waals surface area (Å²) in [5, 5.41) is 6.31. The van der Waals surface area contributed by atoms with Crippen LogP contribution in [0, 0.1) is 0 Å². The lowest BCUT2D eigenvalue weighted by atomic mass is 10.1. The molecule has 0 heterocycles. The second kappa shape index (κ2) is 10.4. The normalized spacial score (nSPS) is 11.0. The molecule has 0 spiro atoms. The summed E-state index contributed by atoms with van der Waals surface area (Å²) >= 11 is 0. The summed E-state index contributed by atoms with van der Waals surface area (Å²) in [7, 11) is 4.51. The molecule has 0 unspecified atom stereocenters. The first-order valence-electron chi connectivity index (χ1n) is 7.42. The Hall–Kier alpha value is -2.28. The molecule has 1 rings (SSSR count). The molecule has 2 N–H and O–H groups in total. The molecule has 1 aromatic carbocycles. The van der Waals surface area contributed by atoms with Crippen molar-refractivity contribution in [1.82, 2.24) is 10.6 Å². The second-order valence-electron chi connectivity index (χ2n) is 4.64. The van der Waals surface area contributed by atoms with Gasteiger partial charge in [-0.25, -0.2) is 9.79 Å². The fourth-order valence-electron chi connectivity index (χ4n) is 1.91. The number of carbonyl (C=O) groups excluding carboxylic acids is 1. The van der Waals surface area contributed by atoms with E-state index in [-0.39, 0.29) is 0 Å². The summed E-state index contributed by atoms with van der Waals surface area (Å²) in [6.07, 6.45) is 0. The van der Waals surface area contributed by atoms with Crippen LogP contribution in [0.3, 0.4) is 0 Å². The van der Waals surface area contributed by atoms with Crippen molar-refractivity contribution in [3.05, 3.63) is 29.3 Å². The molecule has 128 valence electrons. The molecule has 0 radical (unpaired) electrons. The highest BCUT2D eigenvalue weighted by Gasteiger charge is 2.13. The molecule has 0 fully saturated rings. The van der Waals surface area contributed by atoms with E-state index >= 15 is 0 Å². The molecule has 7 nitrogen and oxygen atoms in total. The summed E-state index contributed by atoms with van der Waals surface area (Å²) in [6, 6.07) is 5.34. The smallest absolute Gasteiger partial charge is 0.341 e. The van der Waals surface area contributed by atoms with Gasteiger partial charge in [0.2, 0.25) is 0 Å². The van der Waals surface area contributed by atoms with Crippen LogP contribution in [0.1, 0.15) is 22.8 Å². The summed E-state index contributed by atoms with van der Waals surface area (Å²) in [5.41, 5.74) is 1.27. The highest BCUT2D eigenvalue weighted by Crippen LogP contribution is 2.21. The summed E-state index contributed by atoms with van der Waals surface area (Å²) in [5.74, 6) is 0.743. The maximum absolute atomic E-state index is 11.8. The molecule has 0 saturated carbocycles. The lowest BCUT2D eigenvalue weighted by Crippen LogP contribution is -2.38. The molecule has 1 aromatic rings. The van der Waals surface area contributed by atoms with Crippen LogP contribution < -0.4 is 15.4 Å². The van der Waals surface area contributed by atoms with E-state index in [2.05, 4.69) is 15.6 Å². The largest absolute Gasteiger partial charge is 0.496 e. The van der Waals surface area contributed by atoms with Crippen molar-refractivity contribution in [3.8, 4) is 5.75 Å². The predicted molar refractivity (Wildman–Crippen MR) is 89.0 cm³/mol. The van der Waals surface area contributed by atoms with Gasteiger partial charge in [0.05, 0.1) is 27.4 Å². The maximum atomic E-state index is 11.8. The van der Waals surface area contributed by atoms with Crippen LogP contribution in [0.25, 0.3) is 0 Å². The zero-order chi connectivity index (χ0) is 17.1. The SMILES string of the molecule is CCNC(=NCc1ccc(OC)c(C(=O)OC)c1)NCCOC. The van der Waals surface area contributed by atoms with Gasteiger partial charge in [0, 0.05) is 20.2 Å². The van der Waals surface area contributed by atoms with Crippen molar-refractivity contribution < 1.29 is 19.0 Å². The van der Waals surface area contributed by atoms with Crippen molar-refractivity contribution in [2.24, 2.45) is 4.99 Å². The fraction of sp³-hybridized carbons (Fsp3) is 0.500. The first kappa shape index (κ1) is 18.8. The molecule has 0 bridgehead atoms. The van der Waals surface area contributed by atoms with Crippen molar-refractivity contribution in [2.75, 3.05) is 41.0 Å². The second-order valence-corrected chi connectivity index (χ2v) is 4.64. The molecule has 7 heteroatoms. The zero-order valence-corrected chi connectivity index (χ0v) is 14.1. The van der Waals surface area contributed by atoms with Crippen LogP contribution >= 0.6 is 0 Å². The summed E-state index contributed by atoms with van der Waals surface area (Å²) in [4.78, 5) is 16.3. The van der Waals surface area contributed by atoms with E-state index in [9.17, 15) is 4.79 Å². The average Bonchev–Trinajstić information content (AvgIpc) is 2.58. The predicted octanol–water partition coefficient (Wildman–Crippen LogP) is 1.18. The number of hydrogen-bond acceptors (Lipinski definition) is 5. The maximum Gasteiger partial charge on any atom is 0.341 e. The van der Waals surface area contributed by atoms with E-state index in [0.29, 0.717) is 37.0 Å². The lowest BCUT2D eigenvalue weighted by Gasteiger charge is -2.11. The number of nitrogens with zero attached hydrogens (tertiary/aromatic N) is 1. The highest BCUT2D eigenvalue weighted by molar-refractivity contribution is 5.92. The highest BCUT2D eigenvalue weighted by atomic mass is 16.5. The third-order valence-corrected chi connectivity index (χ3v) is 3.03. The molecular weight excluding hydrogens is 298 g/mol. The monoisotopic (exact) mass is 323 g/mol. The Morgan fingerprint density at radius 3 is 2.61 bits per heavy atom. The van der Waals surface area contributed by atoms with E-state index in [1.54, 1.807) is 19.2 Å². The Labute approximate surface area is 137 Å². The molecule has 0 saturated heterocycles. The summed E-state index contributed by atoms with van der Waals surface area (Å²) < 4.78 is 15.0. The van der Waals surface area contributed by atoms with Gasteiger partial charge in [-0.05, 0) is 24.6 Å². The van der Waals surface area contributed by atoms with Crippen molar-refractivity contribution in [2.45, 2.75) is 13.5 Å². The Morgan fingerprint density at radius 1 is 1.22 bits per heavy atom. The van der Waals surface area contributed by atoms with Crippen molar-refractivity contribution in [3.63, 3.8) is 0 Å². The Morgan fingerprint density at radius 2 is 2.00 bits per heavy atom. The average molecular weight is 323 g/mol. The van der Waals surface area contributed by atoms with Gasteiger partial charge in [0.15, 0.2) is 5.96 Å². The number of esters is 1. The van der Waals surface area contributed by atoms with E-state index in [1.165, 1.54) is 14.2 Å². The number of aliphatic imine (C=N–C) groups is 1. The van der Waals surface area contributed by atoms with Gasteiger partial charge >= 0.3 is 5.97 Å². The zero-order valence-electron chi connectivity index (χ0n) is 14.1. The van der Waals surface area contributed by atoms with Crippen LogP contribution in [-0.4, -0.2) is 53.0 Å². The van der Waals surface area contributed by atoms with Crippen molar-refractivity contribution >= 4 is 11.9 Å². The molecule has 0 aliphatic heterocycles. The number of ether oxygens (including phenoxy) is 3. The molecule has 0 aromatic heterocycles. The van der Waals surface area contributed by atoms with Gasteiger partial charge in [0.1, 0.15) is 11.3 Å². The minimum Gasteiger partial charge on any atom is -0.496 e. The number of guanidine groups is 1. The third-order valence-electron chi connectivity index (χ3n) is 3.03. The molecule has 0 aliphatic rings. The number of nitrogens with one attached hydrogen (secondary N) is 2. The van der Waals surface area contributed by atoms with Gasteiger partial charge in [-0.1, -0.05) is 6.07 Å². The van der Waals surface area contributed by atoms with Crippen LogP contribution in [-0.2, 0) is 16.0 Å². The van der Waals surface area contributed by atoms with E-state index in [4.69, 9.17) is 14.2 Å². The number of methoxy groups -OCH3 is 3. The number of rotatable bonds is 8. The third kappa shape index (κ3) is 6.15. The number of benzene rings is 1. The van der Waals surface area contributed by atoms with Crippen LogP contribution in [0.4, 0.5) is 0 Å². The first-order valence-corrected chi connectivity index (χ1v) is 7.42. The van der Waals surface area contributed by atoms with E-state index < -0.39 is 5.97 Å². The van der Waals surface area contributed by atoms with Crippen LogP contribution in [0.2, 0.25) is 0 Å². The summed E-state index contributed by atoms with van der Waals surface area (Å²) in [6.45, 7) is 4.44. The van der Waals surface area contributed by atoms with Gasteiger partial charge in [-0.3, -0.25) is 0 Å². The van der Waals surface area contributed by atoms with Gasteiger partial charge < -0.3 is 24.8 Å². The first-order chi connectivity index (χ1) is 11.2. The molecule has 0 atom stereocenters. The minimum absolute atomic E-state index is 0.389. The van der Waals surface area contributed by atoms with Crippen LogP contribution in [0.15, 0.2) is 23.2 Å². The minimum atomic E-state index is -0.433. The van der Waals surface area contributed by atoms with Crippen molar-refractivity contribution in [1.29, 1.82) is 0 Å². The van der Waals surface area contributed by atoms with Gasteiger partial charge in [-0.2, -0.15) is 0 Å². The Bertz CT molecular complexity index is 532. The topological polar surface area (TPSA) is 81.2 Å². The van der Waals surface area contributed by atoms with Gasteiger partial charge in [0.25, 0.3) is 0 Å². The molecule has 0 amide bonds. The Balaban J connectivity index is 2.84. The number of carbonyl (C=O) groups is 1. The lowest BCUT2D eigenvalue weighted by molar-refractivity contribution is 0.0597. The Kier molecular flexibility index (Phi) is 8.52. The standard InChI is InChI=1S/C16H25N3O4/c1-5-17-16(18-8-9-21-2)19-11-12-6-7-14(22-3)13(10-12)15(20)23-4/h6-7,10H,5,8-9,11H2,1-4H3,(H2,17,18,19). The fourth-order valence-corrected chi connectivity index (χ4v) is 1.91. The van der Waals surface area contributed by atoms with Gasteiger partial charge in [-0.15, -0.1) is 0 Å². The van der Waals surface area contributed by atoms with E-state index in [0.717, 1.165) is 12.1 Å². The van der Waals surface area contributed by atoms with E-state index in [1.807, 2.05) is 13.0 Å².